The highest BCUT2D eigenvalue weighted by molar-refractivity contribution is 8.26. The summed E-state index contributed by atoms with van der Waals surface area (Å²) in [6, 6.07) is 27.4. The van der Waals surface area contributed by atoms with E-state index in [0.29, 0.717) is 26.4 Å². The molecule has 2 aromatic heterocycles. The standard InChI is InChI=1S/C30H28O3S8/c1-2-6-22-21(5-1)38-29(39-22)25-9-11-27(36-25)34-19-17-32-15-13-31-14-16-33-18-20-35-28-12-10-26(37-28)30(29)40-23-7-3-4-8-24(23)41-30/h1-12H,13-20H2. The van der Waals surface area contributed by atoms with E-state index in [9.17, 15) is 0 Å². The van der Waals surface area contributed by atoms with Gasteiger partial charge in [-0.1, -0.05) is 71.3 Å². The van der Waals surface area contributed by atoms with Crippen LogP contribution in [0, 0.1) is 0 Å². The minimum atomic E-state index is -0.225. The number of thioether (sulfide) groups is 6. The molecule has 3 aliphatic heterocycles. The van der Waals surface area contributed by atoms with Crippen molar-refractivity contribution in [3.8, 4) is 0 Å². The van der Waals surface area contributed by atoms with Crippen molar-refractivity contribution < 1.29 is 14.2 Å². The molecular weight excluding hydrogens is 665 g/mol. The third-order valence-electron chi connectivity index (χ3n) is 6.65. The SMILES string of the molecule is c1ccc2c(c1)SC1(S2)c2ccc(s2)SCCOCCOCCOCCSc2ccc(s2)C12Sc1ccccc1S2. The predicted molar refractivity (Wildman–Crippen MR) is 182 cm³/mol. The van der Waals surface area contributed by atoms with Gasteiger partial charge in [0.1, 0.15) is 8.16 Å². The monoisotopic (exact) mass is 692 g/mol. The van der Waals surface area contributed by atoms with Gasteiger partial charge in [0.2, 0.25) is 0 Å². The van der Waals surface area contributed by atoms with Crippen LogP contribution in [0.15, 0.2) is 101 Å². The van der Waals surface area contributed by atoms with Crippen molar-refractivity contribution in [2.45, 2.75) is 36.2 Å². The molecule has 2 spiro atoms. The minimum absolute atomic E-state index is 0.225. The zero-order chi connectivity index (χ0) is 27.5. The van der Waals surface area contributed by atoms with E-state index in [4.69, 9.17) is 14.2 Å². The number of hydrogen-bond acceptors (Lipinski definition) is 11. The molecular formula is C30H28O3S8. The maximum absolute atomic E-state index is 5.84. The lowest BCUT2D eigenvalue weighted by Gasteiger charge is -2.42. The molecule has 4 aromatic rings. The first-order valence-corrected chi connectivity index (χ1v) is 20.3. The highest BCUT2D eigenvalue weighted by Crippen LogP contribution is 2.80. The van der Waals surface area contributed by atoms with E-state index in [1.165, 1.54) is 37.8 Å². The highest BCUT2D eigenvalue weighted by Gasteiger charge is 2.63. The first-order chi connectivity index (χ1) is 20.3. The van der Waals surface area contributed by atoms with Crippen LogP contribution in [0.2, 0.25) is 0 Å². The second kappa shape index (κ2) is 13.4. The molecule has 3 nitrogen and oxygen atoms in total. The van der Waals surface area contributed by atoms with Gasteiger partial charge in [-0.15, -0.1) is 46.2 Å². The number of thiophene rings is 2. The summed E-state index contributed by atoms with van der Waals surface area (Å²) in [6.45, 7) is 3.91. The lowest BCUT2D eigenvalue weighted by atomic mass is 10.2. The minimum Gasteiger partial charge on any atom is -0.378 e. The van der Waals surface area contributed by atoms with Gasteiger partial charge in [-0.2, -0.15) is 0 Å². The summed E-state index contributed by atoms with van der Waals surface area (Å²) in [5.41, 5.74) is 0. The molecule has 4 bridgehead atoms. The Kier molecular flexibility index (Phi) is 9.68. The van der Waals surface area contributed by atoms with Crippen molar-refractivity contribution in [3.05, 3.63) is 82.6 Å². The van der Waals surface area contributed by atoms with Crippen molar-refractivity contribution in [1.82, 2.24) is 0 Å². The Morgan fingerprint density at radius 1 is 0.439 bits per heavy atom. The molecule has 0 saturated carbocycles. The van der Waals surface area contributed by atoms with E-state index < -0.39 is 0 Å². The Morgan fingerprint density at radius 2 is 0.805 bits per heavy atom. The Bertz CT molecular complexity index is 1320. The largest absolute Gasteiger partial charge is 0.378 e. The zero-order valence-corrected chi connectivity index (χ0v) is 28.6. The quantitative estimate of drug-likeness (QED) is 0.179. The van der Waals surface area contributed by atoms with Crippen LogP contribution in [0.4, 0.5) is 0 Å². The molecule has 0 radical (unpaired) electrons. The Hall–Kier alpha value is -0.180. The van der Waals surface area contributed by atoms with Crippen LogP contribution < -0.4 is 0 Å². The van der Waals surface area contributed by atoms with E-state index >= 15 is 0 Å². The van der Waals surface area contributed by atoms with Gasteiger partial charge in [0.15, 0.2) is 0 Å². The molecule has 0 saturated heterocycles. The van der Waals surface area contributed by atoms with E-state index in [2.05, 4.69) is 120 Å². The lowest BCUT2D eigenvalue weighted by molar-refractivity contribution is 0.0205. The van der Waals surface area contributed by atoms with Crippen molar-refractivity contribution in [3.63, 3.8) is 0 Å². The molecule has 0 aliphatic carbocycles. The molecule has 0 atom stereocenters. The van der Waals surface area contributed by atoms with Gasteiger partial charge < -0.3 is 14.2 Å². The normalized spacial score (nSPS) is 20.9. The van der Waals surface area contributed by atoms with Crippen LogP contribution in [0.3, 0.4) is 0 Å². The van der Waals surface area contributed by atoms with Crippen molar-refractivity contribution in [2.75, 3.05) is 51.1 Å². The molecule has 0 N–H and O–H groups in total. The molecule has 41 heavy (non-hydrogen) atoms. The zero-order valence-electron chi connectivity index (χ0n) is 22.1. The van der Waals surface area contributed by atoms with Gasteiger partial charge in [-0.05, 0) is 48.5 Å². The maximum atomic E-state index is 5.84. The number of rotatable bonds is 0. The molecule has 2 aromatic carbocycles. The summed E-state index contributed by atoms with van der Waals surface area (Å²) < 4.78 is 19.6. The van der Waals surface area contributed by atoms with Gasteiger partial charge in [-0.25, -0.2) is 0 Å². The number of hydrogen-bond donors (Lipinski definition) is 0. The number of fused-ring (bicyclic) bond motifs is 9. The van der Waals surface area contributed by atoms with Crippen LogP contribution in [-0.4, -0.2) is 51.1 Å². The topological polar surface area (TPSA) is 27.7 Å². The number of benzene rings is 2. The molecule has 0 amide bonds. The van der Waals surface area contributed by atoms with Gasteiger partial charge in [-0.3, -0.25) is 0 Å². The van der Waals surface area contributed by atoms with Gasteiger partial charge in [0.25, 0.3) is 0 Å². The van der Waals surface area contributed by atoms with Gasteiger partial charge in [0.05, 0.1) is 48.1 Å². The smallest absolute Gasteiger partial charge is 0.134 e. The number of ether oxygens (including phenoxy) is 3. The van der Waals surface area contributed by atoms with E-state index in [1.54, 1.807) is 0 Å². The second-order valence-electron chi connectivity index (χ2n) is 9.31. The fourth-order valence-electron chi connectivity index (χ4n) is 4.79. The van der Waals surface area contributed by atoms with E-state index in [-0.39, 0.29) is 8.16 Å². The molecule has 0 unspecified atom stereocenters. The summed E-state index contributed by atoms with van der Waals surface area (Å²) in [5, 5.41) is 0. The van der Waals surface area contributed by atoms with Crippen LogP contribution >= 0.6 is 93.2 Å². The first kappa shape index (κ1) is 29.5. The third kappa shape index (κ3) is 6.08. The fraction of sp³-hybridized carbons (Fsp3) is 0.333. The Morgan fingerprint density at radius 3 is 1.20 bits per heavy atom. The van der Waals surface area contributed by atoms with Crippen molar-refractivity contribution in [1.29, 1.82) is 0 Å². The van der Waals surface area contributed by atoms with Crippen molar-refractivity contribution >= 4 is 93.2 Å². The molecule has 214 valence electrons. The fourth-order valence-corrected chi connectivity index (χ4v) is 17.3. The predicted octanol–water partition coefficient (Wildman–Crippen LogP) is 9.86. The molecule has 11 heteroatoms. The van der Waals surface area contributed by atoms with Crippen LogP contribution in [0.1, 0.15) is 9.75 Å². The summed E-state index contributed by atoms with van der Waals surface area (Å²) >= 11 is 15.9. The average Bonchev–Trinajstić information content (AvgIpc) is 3.79. The van der Waals surface area contributed by atoms with Gasteiger partial charge in [0, 0.05) is 40.8 Å². The summed E-state index contributed by atoms with van der Waals surface area (Å²) in [7, 11) is 0. The first-order valence-electron chi connectivity index (χ1n) is 13.4. The van der Waals surface area contributed by atoms with Crippen LogP contribution in [-0.2, 0) is 22.4 Å². The van der Waals surface area contributed by atoms with Crippen molar-refractivity contribution in [2.24, 2.45) is 0 Å². The summed E-state index contributed by atoms with van der Waals surface area (Å²) in [4.78, 5) is 8.36. The third-order valence-corrected chi connectivity index (χ3v) is 19.3. The highest BCUT2D eigenvalue weighted by atomic mass is 32.2. The molecule has 5 heterocycles. The van der Waals surface area contributed by atoms with Crippen LogP contribution in [0.5, 0.6) is 0 Å². The van der Waals surface area contributed by atoms with Gasteiger partial charge >= 0.3 is 0 Å². The van der Waals surface area contributed by atoms with Crippen LogP contribution in [0.25, 0.3) is 0 Å². The Labute approximate surface area is 275 Å². The molecule has 0 fully saturated rings. The second-order valence-corrected chi connectivity index (χ2v) is 19.8. The molecule has 7 rings (SSSR count). The summed E-state index contributed by atoms with van der Waals surface area (Å²) in [5.74, 6) is 1.87. The summed E-state index contributed by atoms with van der Waals surface area (Å²) in [6.07, 6.45) is 0. The van der Waals surface area contributed by atoms with E-state index in [1.807, 2.05) is 46.2 Å². The lowest BCUT2D eigenvalue weighted by Crippen LogP contribution is -2.35. The average molecular weight is 693 g/mol. The molecule has 3 aliphatic rings. The Balaban J connectivity index is 1.31. The van der Waals surface area contributed by atoms with E-state index in [0.717, 1.165) is 24.7 Å². The maximum Gasteiger partial charge on any atom is 0.134 e.